The van der Waals surface area contributed by atoms with Gasteiger partial charge in [0.15, 0.2) is 17.5 Å². The number of rotatable bonds is 4. The van der Waals surface area contributed by atoms with E-state index in [0.717, 1.165) is 33.2 Å². The molecular formula is C41H26N4. The Morgan fingerprint density at radius 1 is 0.356 bits per heavy atom. The first kappa shape index (κ1) is 25.4. The van der Waals surface area contributed by atoms with Gasteiger partial charge >= 0.3 is 0 Å². The molecule has 0 spiro atoms. The first-order chi connectivity index (χ1) is 22.3. The minimum atomic E-state index is 0.643. The van der Waals surface area contributed by atoms with Gasteiger partial charge in [-0.3, -0.25) is 0 Å². The number of hydrogen-bond acceptors (Lipinski definition) is 3. The van der Waals surface area contributed by atoms with Gasteiger partial charge in [0, 0.05) is 33.2 Å². The first-order valence-corrected chi connectivity index (χ1v) is 15.1. The Labute approximate surface area is 259 Å². The molecule has 0 saturated carbocycles. The van der Waals surface area contributed by atoms with Crippen molar-refractivity contribution in [2.75, 3.05) is 0 Å². The van der Waals surface area contributed by atoms with Gasteiger partial charge < -0.3 is 4.57 Å². The molecule has 0 aliphatic heterocycles. The Bertz CT molecular complexity index is 2480. The Hall–Kier alpha value is -6.13. The molecule has 45 heavy (non-hydrogen) atoms. The fourth-order valence-electron chi connectivity index (χ4n) is 6.54. The van der Waals surface area contributed by atoms with Crippen molar-refractivity contribution >= 4 is 43.4 Å². The second-order valence-corrected chi connectivity index (χ2v) is 11.3. The third-order valence-electron chi connectivity index (χ3n) is 8.64. The van der Waals surface area contributed by atoms with E-state index in [2.05, 4.69) is 132 Å². The van der Waals surface area contributed by atoms with Crippen molar-refractivity contribution < 1.29 is 0 Å². The Morgan fingerprint density at radius 3 is 1.51 bits per heavy atom. The largest absolute Gasteiger partial charge is 0.309 e. The minimum absolute atomic E-state index is 0.643. The monoisotopic (exact) mass is 574 g/mol. The highest BCUT2D eigenvalue weighted by atomic mass is 15.0. The van der Waals surface area contributed by atoms with Crippen LogP contribution in [-0.2, 0) is 0 Å². The van der Waals surface area contributed by atoms with E-state index in [1.807, 2.05) is 30.3 Å². The Balaban J connectivity index is 1.23. The van der Waals surface area contributed by atoms with E-state index in [9.17, 15) is 0 Å². The molecule has 2 aromatic heterocycles. The van der Waals surface area contributed by atoms with Crippen molar-refractivity contribution in [3.63, 3.8) is 0 Å². The van der Waals surface area contributed by atoms with Crippen molar-refractivity contribution in [1.29, 1.82) is 0 Å². The van der Waals surface area contributed by atoms with Crippen LogP contribution in [0.4, 0.5) is 0 Å². The molecule has 0 saturated heterocycles. The quantitative estimate of drug-likeness (QED) is 0.196. The minimum Gasteiger partial charge on any atom is -0.309 e. The summed E-state index contributed by atoms with van der Waals surface area (Å²) in [6.45, 7) is 0. The molecule has 0 aliphatic rings. The van der Waals surface area contributed by atoms with E-state index in [1.54, 1.807) is 0 Å². The molecule has 0 N–H and O–H groups in total. The summed E-state index contributed by atoms with van der Waals surface area (Å²) in [7, 11) is 0. The number of aromatic nitrogens is 4. The maximum Gasteiger partial charge on any atom is 0.164 e. The molecule has 4 nitrogen and oxygen atoms in total. The number of para-hydroxylation sites is 2. The topological polar surface area (TPSA) is 43.6 Å². The number of fused-ring (bicyclic) bond motifs is 6. The van der Waals surface area contributed by atoms with E-state index >= 15 is 0 Å². The number of benzene rings is 7. The van der Waals surface area contributed by atoms with E-state index in [1.165, 1.54) is 32.6 Å². The van der Waals surface area contributed by atoms with E-state index in [4.69, 9.17) is 15.0 Å². The van der Waals surface area contributed by atoms with E-state index < -0.39 is 0 Å². The van der Waals surface area contributed by atoms with Gasteiger partial charge in [-0.05, 0) is 64.0 Å². The molecular weight excluding hydrogens is 548 g/mol. The summed E-state index contributed by atoms with van der Waals surface area (Å²) < 4.78 is 2.32. The molecule has 0 atom stereocenters. The summed E-state index contributed by atoms with van der Waals surface area (Å²) in [4.78, 5) is 15.2. The summed E-state index contributed by atoms with van der Waals surface area (Å²) in [5, 5.41) is 7.17. The highest BCUT2D eigenvalue weighted by molar-refractivity contribution is 6.13. The van der Waals surface area contributed by atoms with Gasteiger partial charge in [0.2, 0.25) is 0 Å². The standard InChI is InChI=1S/C41H26N4/c1-2-12-27(13-3-1)39-42-40(44-41(43-39)36-26-29-14-4-5-15-31(29)32-16-6-7-17-33(32)36)28-22-24-30(25-23-28)45-37-20-10-8-18-34(37)35-19-9-11-21-38(35)45/h1-26H. The fourth-order valence-corrected chi connectivity index (χ4v) is 6.54. The molecule has 0 fully saturated rings. The zero-order valence-electron chi connectivity index (χ0n) is 24.3. The molecule has 9 aromatic rings. The van der Waals surface area contributed by atoms with Crippen LogP contribution in [0.1, 0.15) is 0 Å². The van der Waals surface area contributed by atoms with Gasteiger partial charge in [0.05, 0.1) is 11.0 Å². The lowest BCUT2D eigenvalue weighted by atomic mass is 9.97. The molecule has 4 heteroatoms. The average molecular weight is 575 g/mol. The molecule has 7 aromatic carbocycles. The van der Waals surface area contributed by atoms with Crippen molar-refractivity contribution in [2.24, 2.45) is 0 Å². The third-order valence-corrected chi connectivity index (χ3v) is 8.64. The summed E-state index contributed by atoms with van der Waals surface area (Å²) >= 11 is 0. The lowest BCUT2D eigenvalue weighted by Crippen LogP contribution is -2.01. The molecule has 2 heterocycles. The summed E-state index contributed by atoms with van der Waals surface area (Å²) in [6, 6.07) is 55.0. The molecule has 0 unspecified atom stereocenters. The van der Waals surface area contributed by atoms with Crippen LogP contribution < -0.4 is 0 Å². The van der Waals surface area contributed by atoms with Gasteiger partial charge in [-0.2, -0.15) is 0 Å². The van der Waals surface area contributed by atoms with Crippen LogP contribution in [0, 0.1) is 0 Å². The highest BCUT2D eigenvalue weighted by Crippen LogP contribution is 2.36. The zero-order valence-corrected chi connectivity index (χ0v) is 24.3. The second kappa shape index (κ2) is 10.2. The molecule has 9 rings (SSSR count). The smallest absolute Gasteiger partial charge is 0.164 e. The van der Waals surface area contributed by atoms with Crippen molar-refractivity contribution in [2.45, 2.75) is 0 Å². The summed E-state index contributed by atoms with van der Waals surface area (Å²) in [6.07, 6.45) is 0. The van der Waals surface area contributed by atoms with Gasteiger partial charge in [-0.25, -0.2) is 15.0 Å². The first-order valence-electron chi connectivity index (χ1n) is 15.1. The molecule has 0 bridgehead atoms. The Kier molecular flexibility index (Phi) is 5.78. The van der Waals surface area contributed by atoms with Crippen molar-refractivity contribution in [1.82, 2.24) is 19.5 Å². The normalized spacial score (nSPS) is 11.6. The van der Waals surface area contributed by atoms with Gasteiger partial charge in [-0.15, -0.1) is 0 Å². The number of hydrogen-bond donors (Lipinski definition) is 0. The lowest BCUT2D eigenvalue weighted by molar-refractivity contribution is 1.08. The van der Waals surface area contributed by atoms with Crippen LogP contribution in [0.2, 0.25) is 0 Å². The van der Waals surface area contributed by atoms with Crippen LogP contribution in [0.3, 0.4) is 0 Å². The Morgan fingerprint density at radius 2 is 0.844 bits per heavy atom. The van der Waals surface area contributed by atoms with Crippen LogP contribution in [0.5, 0.6) is 0 Å². The average Bonchev–Trinajstić information content (AvgIpc) is 3.46. The van der Waals surface area contributed by atoms with Crippen LogP contribution in [-0.4, -0.2) is 19.5 Å². The highest BCUT2D eigenvalue weighted by Gasteiger charge is 2.17. The van der Waals surface area contributed by atoms with Gasteiger partial charge in [0.1, 0.15) is 0 Å². The van der Waals surface area contributed by atoms with Gasteiger partial charge in [0.25, 0.3) is 0 Å². The molecule has 0 amide bonds. The molecule has 210 valence electrons. The predicted molar refractivity (Wildman–Crippen MR) is 185 cm³/mol. The van der Waals surface area contributed by atoms with Crippen molar-refractivity contribution in [3.05, 3.63) is 158 Å². The third kappa shape index (κ3) is 4.19. The van der Waals surface area contributed by atoms with Gasteiger partial charge in [-0.1, -0.05) is 115 Å². The number of nitrogens with zero attached hydrogens (tertiary/aromatic N) is 4. The molecule has 0 aliphatic carbocycles. The predicted octanol–water partition coefficient (Wildman–Crippen LogP) is 10.3. The van der Waals surface area contributed by atoms with Crippen LogP contribution >= 0.6 is 0 Å². The van der Waals surface area contributed by atoms with Crippen LogP contribution in [0.25, 0.3) is 83.2 Å². The maximum atomic E-state index is 5.12. The summed E-state index contributed by atoms with van der Waals surface area (Å²) in [5.74, 6) is 1.96. The molecule has 0 radical (unpaired) electrons. The zero-order chi connectivity index (χ0) is 29.7. The summed E-state index contributed by atoms with van der Waals surface area (Å²) in [5.41, 5.74) is 6.34. The SMILES string of the molecule is c1ccc(-c2nc(-c3ccc(-n4c5ccccc5c5ccccc54)cc3)nc(-c3cc4ccccc4c4ccccc34)n2)cc1. The van der Waals surface area contributed by atoms with Crippen LogP contribution in [0.15, 0.2) is 158 Å². The maximum absolute atomic E-state index is 5.12. The van der Waals surface area contributed by atoms with E-state index in [-0.39, 0.29) is 0 Å². The van der Waals surface area contributed by atoms with Crippen molar-refractivity contribution in [3.8, 4) is 39.9 Å². The lowest BCUT2D eigenvalue weighted by Gasteiger charge is -2.13. The second-order valence-electron chi connectivity index (χ2n) is 11.3. The van der Waals surface area contributed by atoms with E-state index in [0.29, 0.717) is 17.5 Å². The fraction of sp³-hybridized carbons (Fsp3) is 0.